The second-order valence-corrected chi connectivity index (χ2v) is 3.23. The lowest BCUT2D eigenvalue weighted by atomic mass is 10.2. The first-order chi connectivity index (χ1) is 4.63. The molecule has 10 heavy (non-hydrogen) atoms. The third kappa shape index (κ3) is 1.27. The second kappa shape index (κ2) is 2.81. The van der Waals surface area contributed by atoms with E-state index >= 15 is 0 Å². The van der Waals surface area contributed by atoms with Crippen molar-refractivity contribution in [1.29, 1.82) is 0 Å². The predicted molar refractivity (Wildman–Crippen MR) is 45.6 cm³/mol. The molecule has 0 amide bonds. The summed E-state index contributed by atoms with van der Waals surface area (Å²) in [6.07, 6.45) is 0. The van der Waals surface area contributed by atoms with Crippen LogP contribution in [0.15, 0.2) is 16.6 Å². The maximum absolute atomic E-state index is 9.21. The van der Waals surface area contributed by atoms with Gasteiger partial charge in [0.1, 0.15) is 5.75 Å². The largest absolute Gasteiger partial charge is 0.505 e. The van der Waals surface area contributed by atoms with Gasteiger partial charge >= 0.3 is 0 Å². The molecule has 0 bridgehead atoms. The third-order valence-corrected chi connectivity index (χ3v) is 2.57. The molecule has 1 nitrogen and oxygen atoms in total. The SMILES string of the molecule is Cc1ccc(Cl)c(O)c1Br. The van der Waals surface area contributed by atoms with Gasteiger partial charge in [0.15, 0.2) is 0 Å². The van der Waals surface area contributed by atoms with Crippen LogP contribution in [-0.2, 0) is 0 Å². The van der Waals surface area contributed by atoms with E-state index in [0.717, 1.165) is 5.56 Å². The average molecular weight is 221 g/mol. The molecule has 0 radical (unpaired) electrons. The Morgan fingerprint density at radius 3 is 2.60 bits per heavy atom. The van der Waals surface area contributed by atoms with Gasteiger partial charge in [-0.25, -0.2) is 0 Å². The fourth-order valence-electron chi connectivity index (χ4n) is 0.642. The molecule has 0 aliphatic carbocycles. The summed E-state index contributed by atoms with van der Waals surface area (Å²) in [5.41, 5.74) is 0.974. The van der Waals surface area contributed by atoms with Crippen LogP contribution < -0.4 is 0 Å². The van der Waals surface area contributed by atoms with E-state index < -0.39 is 0 Å². The molecule has 1 N–H and O–H groups in total. The van der Waals surface area contributed by atoms with E-state index in [-0.39, 0.29) is 5.75 Å². The fourth-order valence-corrected chi connectivity index (χ4v) is 1.26. The Labute approximate surface area is 72.8 Å². The summed E-state index contributed by atoms with van der Waals surface area (Å²) in [4.78, 5) is 0. The number of halogens is 2. The van der Waals surface area contributed by atoms with Crippen LogP contribution in [0, 0.1) is 6.92 Å². The highest BCUT2D eigenvalue weighted by Crippen LogP contribution is 2.33. The molecule has 3 heteroatoms. The zero-order chi connectivity index (χ0) is 7.72. The van der Waals surface area contributed by atoms with Crippen LogP contribution in [0.1, 0.15) is 5.56 Å². The van der Waals surface area contributed by atoms with Crippen LogP contribution in [-0.4, -0.2) is 5.11 Å². The second-order valence-electron chi connectivity index (χ2n) is 2.03. The van der Waals surface area contributed by atoms with Gasteiger partial charge in [0, 0.05) is 0 Å². The highest BCUT2D eigenvalue weighted by atomic mass is 79.9. The van der Waals surface area contributed by atoms with E-state index in [2.05, 4.69) is 15.9 Å². The van der Waals surface area contributed by atoms with E-state index in [4.69, 9.17) is 11.6 Å². The lowest BCUT2D eigenvalue weighted by molar-refractivity contribution is 0.471. The Hall–Kier alpha value is -0.210. The Kier molecular flexibility index (Phi) is 2.21. The summed E-state index contributed by atoms with van der Waals surface area (Å²) < 4.78 is 0.667. The van der Waals surface area contributed by atoms with Gasteiger partial charge in [-0.1, -0.05) is 17.7 Å². The number of phenolic OH excluding ortho intramolecular Hbond substituents is 1. The summed E-state index contributed by atoms with van der Waals surface area (Å²) in [6, 6.07) is 3.50. The van der Waals surface area contributed by atoms with Crippen molar-refractivity contribution < 1.29 is 5.11 Å². The normalized spacial score (nSPS) is 9.90. The van der Waals surface area contributed by atoms with Crippen molar-refractivity contribution in [3.8, 4) is 5.75 Å². The Morgan fingerprint density at radius 1 is 1.50 bits per heavy atom. The molecule has 0 saturated heterocycles. The van der Waals surface area contributed by atoms with Gasteiger partial charge in [-0.3, -0.25) is 0 Å². The summed E-state index contributed by atoms with van der Waals surface area (Å²) in [6.45, 7) is 1.89. The summed E-state index contributed by atoms with van der Waals surface area (Å²) in [5.74, 6) is 0.113. The minimum absolute atomic E-state index is 0.113. The molecule has 0 aliphatic heterocycles. The number of rotatable bonds is 0. The number of hydrogen-bond acceptors (Lipinski definition) is 1. The van der Waals surface area contributed by atoms with Gasteiger partial charge in [-0.15, -0.1) is 0 Å². The average Bonchev–Trinajstić information content (AvgIpc) is 1.93. The molecule has 1 aromatic rings. The third-order valence-electron chi connectivity index (χ3n) is 1.26. The molecule has 0 aliphatic rings. The Morgan fingerprint density at radius 2 is 2.10 bits per heavy atom. The van der Waals surface area contributed by atoms with E-state index in [9.17, 15) is 5.11 Å². The highest BCUT2D eigenvalue weighted by molar-refractivity contribution is 9.10. The molecule has 54 valence electrons. The topological polar surface area (TPSA) is 20.2 Å². The molecule has 1 aromatic carbocycles. The van der Waals surface area contributed by atoms with Crippen LogP contribution in [0.2, 0.25) is 5.02 Å². The molecular formula is C7H6BrClO. The minimum Gasteiger partial charge on any atom is -0.505 e. The maximum Gasteiger partial charge on any atom is 0.148 e. The van der Waals surface area contributed by atoms with E-state index in [1.807, 2.05) is 13.0 Å². The molecular weight excluding hydrogens is 215 g/mol. The summed E-state index contributed by atoms with van der Waals surface area (Å²) in [7, 11) is 0. The monoisotopic (exact) mass is 220 g/mol. The lowest BCUT2D eigenvalue weighted by Gasteiger charge is -2.01. The van der Waals surface area contributed by atoms with Crippen molar-refractivity contribution >= 4 is 27.5 Å². The van der Waals surface area contributed by atoms with Gasteiger partial charge in [-0.05, 0) is 34.5 Å². The van der Waals surface area contributed by atoms with Crippen molar-refractivity contribution in [1.82, 2.24) is 0 Å². The highest BCUT2D eigenvalue weighted by Gasteiger charge is 2.04. The molecule has 0 heterocycles. The standard InChI is InChI=1S/C7H6BrClO/c1-4-2-3-5(9)7(10)6(4)8/h2-3,10H,1H3. The molecule has 0 saturated carbocycles. The Balaban J connectivity index is 3.34. The number of aromatic hydroxyl groups is 1. The van der Waals surface area contributed by atoms with Crippen LogP contribution in [0.4, 0.5) is 0 Å². The molecule has 1 rings (SSSR count). The summed E-state index contributed by atoms with van der Waals surface area (Å²) >= 11 is 8.80. The number of aryl methyl sites for hydroxylation is 1. The zero-order valence-electron chi connectivity index (χ0n) is 5.36. The number of phenols is 1. The van der Waals surface area contributed by atoms with Crippen molar-refractivity contribution in [2.45, 2.75) is 6.92 Å². The lowest BCUT2D eigenvalue weighted by Crippen LogP contribution is -1.76. The van der Waals surface area contributed by atoms with Crippen LogP contribution in [0.5, 0.6) is 5.75 Å². The zero-order valence-corrected chi connectivity index (χ0v) is 7.70. The number of hydrogen-bond donors (Lipinski definition) is 1. The first-order valence-electron chi connectivity index (χ1n) is 2.76. The number of benzene rings is 1. The Bertz CT molecular complexity index is 233. The maximum atomic E-state index is 9.21. The first kappa shape index (κ1) is 7.89. The molecule has 0 atom stereocenters. The molecule has 0 fully saturated rings. The molecule has 0 aromatic heterocycles. The summed E-state index contributed by atoms with van der Waals surface area (Å²) in [5, 5.41) is 9.58. The van der Waals surface area contributed by atoms with Gasteiger partial charge in [0.25, 0.3) is 0 Å². The van der Waals surface area contributed by atoms with Gasteiger partial charge < -0.3 is 5.11 Å². The predicted octanol–water partition coefficient (Wildman–Crippen LogP) is 3.12. The first-order valence-corrected chi connectivity index (χ1v) is 3.93. The van der Waals surface area contributed by atoms with Crippen molar-refractivity contribution in [3.63, 3.8) is 0 Å². The van der Waals surface area contributed by atoms with Crippen molar-refractivity contribution in [2.75, 3.05) is 0 Å². The van der Waals surface area contributed by atoms with Crippen LogP contribution >= 0.6 is 27.5 Å². The van der Waals surface area contributed by atoms with Crippen LogP contribution in [0.3, 0.4) is 0 Å². The molecule has 0 unspecified atom stereocenters. The van der Waals surface area contributed by atoms with Crippen LogP contribution in [0.25, 0.3) is 0 Å². The fraction of sp³-hybridized carbons (Fsp3) is 0.143. The quantitative estimate of drug-likeness (QED) is 0.714. The smallest absolute Gasteiger partial charge is 0.148 e. The molecule has 0 spiro atoms. The van der Waals surface area contributed by atoms with Crippen molar-refractivity contribution in [2.24, 2.45) is 0 Å². The van der Waals surface area contributed by atoms with Gasteiger partial charge in [0.05, 0.1) is 9.50 Å². The van der Waals surface area contributed by atoms with E-state index in [1.54, 1.807) is 6.07 Å². The van der Waals surface area contributed by atoms with Crippen molar-refractivity contribution in [3.05, 3.63) is 27.2 Å². The van der Waals surface area contributed by atoms with E-state index in [1.165, 1.54) is 0 Å². The minimum atomic E-state index is 0.113. The van der Waals surface area contributed by atoms with Gasteiger partial charge in [-0.2, -0.15) is 0 Å². The van der Waals surface area contributed by atoms with Gasteiger partial charge in [0.2, 0.25) is 0 Å². The van der Waals surface area contributed by atoms with E-state index in [0.29, 0.717) is 9.50 Å².